The van der Waals surface area contributed by atoms with Crippen molar-refractivity contribution in [3.63, 3.8) is 0 Å². The molecule has 1 heterocycles. The molecule has 2 unspecified atom stereocenters. The second-order valence-corrected chi connectivity index (χ2v) is 8.05. The first-order valence-electron chi connectivity index (χ1n) is 11.6. The number of amides is 2. The van der Waals surface area contributed by atoms with Crippen LogP contribution in [-0.2, 0) is 16.0 Å². The van der Waals surface area contributed by atoms with Gasteiger partial charge in [-0.15, -0.1) is 0 Å². The Bertz CT molecular complexity index is 824. The summed E-state index contributed by atoms with van der Waals surface area (Å²) in [5.74, 6) is -0.529. The van der Waals surface area contributed by atoms with Gasteiger partial charge in [-0.2, -0.15) is 0 Å². The maximum atomic E-state index is 12.7. The van der Waals surface area contributed by atoms with E-state index < -0.39 is 12.1 Å². The molecule has 0 spiro atoms. The third-order valence-corrected chi connectivity index (χ3v) is 5.42. The normalized spacial score (nSPS) is 13.1. The van der Waals surface area contributed by atoms with Gasteiger partial charge in [0.15, 0.2) is 0 Å². The van der Waals surface area contributed by atoms with Crippen LogP contribution in [0.4, 0.5) is 0 Å². The molecule has 0 aliphatic carbocycles. The van der Waals surface area contributed by atoms with Gasteiger partial charge in [-0.1, -0.05) is 18.2 Å². The van der Waals surface area contributed by atoms with E-state index in [-0.39, 0.29) is 11.8 Å². The first-order valence-corrected chi connectivity index (χ1v) is 11.6. The molecular weight excluding hydrogens is 406 g/mol. The van der Waals surface area contributed by atoms with Crippen molar-refractivity contribution in [3.05, 3.63) is 36.0 Å². The zero-order valence-corrected chi connectivity index (χ0v) is 18.9. The van der Waals surface area contributed by atoms with E-state index in [2.05, 4.69) is 20.9 Å². The Balaban J connectivity index is 1.80. The molecule has 0 saturated heterocycles. The molecule has 0 aliphatic heterocycles. The lowest BCUT2D eigenvalue weighted by Gasteiger charge is -2.20. The van der Waals surface area contributed by atoms with Crippen molar-refractivity contribution in [2.75, 3.05) is 32.7 Å². The summed E-state index contributed by atoms with van der Waals surface area (Å²) in [6.07, 6.45) is 6.16. The Morgan fingerprint density at radius 3 is 2.44 bits per heavy atom. The minimum absolute atomic E-state index is 0.192. The third-order valence-electron chi connectivity index (χ3n) is 5.42. The van der Waals surface area contributed by atoms with E-state index in [1.54, 1.807) is 0 Å². The molecule has 0 fully saturated rings. The third kappa shape index (κ3) is 8.58. The number of carbonyl (C=O) groups excluding carboxylic acids is 2. The van der Waals surface area contributed by atoms with Crippen LogP contribution in [0.2, 0.25) is 0 Å². The lowest BCUT2D eigenvalue weighted by molar-refractivity contribution is -0.129. The number of aromatic nitrogens is 1. The summed E-state index contributed by atoms with van der Waals surface area (Å²) in [4.78, 5) is 28.5. The zero-order chi connectivity index (χ0) is 23.2. The van der Waals surface area contributed by atoms with Gasteiger partial charge < -0.3 is 38.1 Å². The number of aromatic amines is 1. The number of rotatable bonds is 16. The molecule has 2 atom stereocenters. The number of benzene rings is 1. The number of carbonyl (C=O) groups is 2. The highest BCUT2D eigenvalue weighted by Gasteiger charge is 2.24. The molecule has 1 aromatic heterocycles. The first kappa shape index (κ1) is 25.8. The number of para-hydroxylation sites is 1. The number of hydrogen-bond donors (Lipinski definition) is 7. The number of nitrogens with two attached hydrogens (primary N) is 3. The van der Waals surface area contributed by atoms with Crippen LogP contribution in [-0.4, -0.2) is 61.6 Å². The fraction of sp³-hybridized carbons (Fsp3) is 0.565. The fourth-order valence-electron chi connectivity index (χ4n) is 3.56. The molecule has 0 radical (unpaired) electrons. The lowest BCUT2D eigenvalue weighted by atomic mass is 10.0. The zero-order valence-electron chi connectivity index (χ0n) is 18.9. The number of H-pyrrole nitrogens is 1. The Morgan fingerprint density at radius 2 is 1.66 bits per heavy atom. The van der Waals surface area contributed by atoms with Crippen LogP contribution in [0.3, 0.4) is 0 Å². The fourth-order valence-corrected chi connectivity index (χ4v) is 3.56. The summed E-state index contributed by atoms with van der Waals surface area (Å²) >= 11 is 0. The van der Waals surface area contributed by atoms with Gasteiger partial charge >= 0.3 is 0 Å². The molecule has 2 aromatic rings. The minimum atomic E-state index is -0.748. The Labute approximate surface area is 190 Å². The van der Waals surface area contributed by atoms with E-state index in [0.29, 0.717) is 38.9 Å². The van der Waals surface area contributed by atoms with Crippen molar-refractivity contribution in [2.24, 2.45) is 17.2 Å². The number of hydrogen-bond acceptors (Lipinski definition) is 6. The Morgan fingerprint density at radius 1 is 0.938 bits per heavy atom. The number of unbranched alkanes of at least 4 members (excludes halogenated alkanes) is 1. The van der Waals surface area contributed by atoms with E-state index >= 15 is 0 Å². The van der Waals surface area contributed by atoms with E-state index in [9.17, 15) is 9.59 Å². The lowest BCUT2D eigenvalue weighted by Crippen LogP contribution is -2.52. The van der Waals surface area contributed by atoms with Crippen molar-refractivity contribution in [1.82, 2.24) is 20.9 Å². The van der Waals surface area contributed by atoms with E-state index in [1.807, 2.05) is 30.5 Å². The SMILES string of the molecule is NCCCNCCCCNC(=O)C(CCCN)NC(=O)C(N)Cc1c[nH]c2ccccc12. The topological polar surface area (TPSA) is 164 Å². The van der Waals surface area contributed by atoms with Crippen molar-refractivity contribution in [1.29, 1.82) is 0 Å². The summed E-state index contributed by atoms with van der Waals surface area (Å²) in [7, 11) is 0. The molecule has 32 heavy (non-hydrogen) atoms. The first-order chi connectivity index (χ1) is 15.6. The molecule has 1 aromatic carbocycles. The van der Waals surface area contributed by atoms with Crippen molar-refractivity contribution in [2.45, 2.75) is 50.6 Å². The molecular formula is C23H39N7O2. The smallest absolute Gasteiger partial charge is 0.242 e. The van der Waals surface area contributed by atoms with Crippen LogP contribution in [0.1, 0.15) is 37.7 Å². The maximum absolute atomic E-state index is 12.7. The number of fused-ring (bicyclic) bond motifs is 1. The van der Waals surface area contributed by atoms with Crippen molar-refractivity contribution in [3.8, 4) is 0 Å². The van der Waals surface area contributed by atoms with E-state index in [4.69, 9.17) is 17.2 Å². The average molecular weight is 446 g/mol. The molecule has 2 amide bonds. The molecule has 0 saturated carbocycles. The molecule has 0 bridgehead atoms. The van der Waals surface area contributed by atoms with Gasteiger partial charge in [0.1, 0.15) is 6.04 Å². The summed E-state index contributed by atoms with van der Waals surface area (Å²) in [6, 6.07) is 6.50. The van der Waals surface area contributed by atoms with Crippen LogP contribution < -0.4 is 33.2 Å². The summed E-state index contributed by atoms with van der Waals surface area (Å²) in [6.45, 7) is 3.51. The van der Waals surface area contributed by atoms with Crippen LogP contribution >= 0.6 is 0 Å². The van der Waals surface area contributed by atoms with Gasteiger partial charge in [-0.25, -0.2) is 0 Å². The average Bonchev–Trinajstić information content (AvgIpc) is 3.20. The highest BCUT2D eigenvalue weighted by Crippen LogP contribution is 2.18. The maximum Gasteiger partial charge on any atom is 0.242 e. The molecule has 2 rings (SSSR count). The summed E-state index contributed by atoms with van der Waals surface area (Å²) in [5, 5.41) is 10.1. The second-order valence-electron chi connectivity index (χ2n) is 8.05. The Kier molecular flexibility index (Phi) is 11.7. The molecule has 9 nitrogen and oxygen atoms in total. The monoisotopic (exact) mass is 445 g/mol. The van der Waals surface area contributed by atoms with Gasteiger partial charge in [0.2, 0.25) is 11.8 Å². The molecule has 10 N–H and O–H groups in total. The van der Waals surface area contributed by atoms with Crippen molar-refractivity contribution >= 4 is 22.7 Å². The van der Waals surface area contributed by atoms with Gasteiger partial charge in [0.05, 0.1) is 6.04 Å². The predicted octanol–water partition coefficient (Wildman–Crippen LogP) is 0.0962. The largest absolute Gasteiger partial charge is 0.361 e. The Hall–Kier alpha value is -2.46. The minimum Gasteiger partial charge on any atom is -0.361 e. The van der Waals surface area contributed by atoms with E-state index in [0.717, 1.165) is 48.8 Å². The van der Waals surface area contributed by atoms with Crippen LogP contribution in [0.25, 0.3) is 10.9 Å². The van der Waals surface area contributed by atoms with Crippen LogP contribution in [0, 0.1) is 0 Å². The van der Waals surface area contributed by atoms with Crippen LogP contribution in [0.5, 0.6) is 0 Å². The highest BCUT2D eigenvalue weighted by atomic mass is 16.2. The highest BCUT2D eigenvalue weighted by molar-refractivity contribution is 5.90. The van der Waals surface area contributed by atoms with E-state index in [1.165, 1.54) is 0 Å². The standard InChI is InChI=1S/C23H39N7O2/c24-10-5-9-21(23(32)28-14-4-3-12-27-13-6-11-25)30-22(31)19(26)15-17-16-29-20-8-2-1-7-18(17)20/h1-2,7-8,16,19,21,27,29H,3-6,9-15,24-26H2,(H,28,32)(H,30,31). The van der Waals surface area contributed by atoms with Gasteiger partial charge in [0, 0.05) is 23.6 Å². The van der Waals surface area contributed by atoms with Crippen molar-refractivity contribution < 1.29 is 9.59 Å². The van der Waals surface area contributed by atoms with Gasteiger partial charge in [-0.05, 0) is 76.3 Å². The second kappa shape index (κ2) is 14.6. The summed E-state index contributed by atoms with van der Waals surface area (Å²) < 4.78 is 0. The van der Waals surface area contributed by atoms with Crippen LogP contribution in [0.15, 0.2) is 30.5 Å². The molecule has 178 valence electrons. The predicted molar refractivity (Wildman–Crippen MR) is 129 cm³/mol. The number of nitrogens with one attached hydrogen (secondary N) is 4. The quantitative estimate of drug-likeness (QED) is 0.181. The van der Waals surface area contributed by atoms with Gasteiger partial charge in [-0.3, -0.25) is 9.59 Å². The molecule has 0 aliphatic rings. The molecule has 9 heteroatoms. The summed E-state index contributed by atoms with van der Waals surface area (Å²) in [5.41, 5.74) is 19.2. The van der Waals surface area contributed by atoms with Gasteiger partial charge in [0.25, 0.3) is 0 Å².